The minimum atomic E-state index is -4.37. The van der Waals surface area contributed by atoms with Crippen molar-refractivity contribution in [2.24, 2.45) is 0 Å². The second kappa shape index (κ2) is 7.77. The van der Waals surface area contributed by atoms with Crippen molar-refractivity contribution in [3.05, 3.63) is 24.0 Å². The van der Waals surface area contributed by atoms with E-state index in [0.29, 0.717) is 11.7 Å². The van der Waals surface area contributed by atoms with Gasteiger partial charge in [0.25, 0.3) is 0 Å². The Balaban J connectivity index is 0.00000162. The number of aromatic nitrogens is 1. The predicted octanol–water partition coefficient (Wildman–Crippen LogP) is 3.11. The summed E-state index contributed by atoms with van der Waals surface area (Å²) in [5.41, 5.74) is -0.210. The summed E-state index contributed by atoms with van der Waals surface area (Å²) < 4.78 is 36.9. The van der Waals surface area contributed by atoms with Crippen LogP contribution in [0.4, 0.5) is 18.9 Å². The average Bonchev–Trinajstić information content (AvgIpc) is 2.30. The molecule has 0 aromatic carbocycles. The summed E-state index contributed by atoms with van der Waals surface area (Å²) >= 11 is 0. The van der Waals surface area contributed by atoms with Crippen LogP contribution in [0.25, 0.3) is 0 Å². The molecule has 2 rings (SSSR count). The lowest BCUT2D eigenvalue weighted by Crippen LogP contribution is -2.35. The van der Waals surface area contributed by atoms with E-state index >= 15 is 0 Å². The molecule has 1 aliphatic heterocycles. The Hall–Kier alpha value is -0.720. The van der Waals surface area contributed by atoms with Crippen LogP contribution in [0.2, 0.25) is 0 Å². The van der Waals surface area contributed by atoms with E-state index in [9.17, 15) is 13.2 Å². The second-order valence-corrected chi connectivity index (χ2v) is 4.10. The molecule has 110 valence electrons. The lowest BCUT2D eigenvalue weighted by Gasteiger charge is -2.24. The Labute approximate surface area is 122 Å². The molecule has 3 nitrogen and oxygen atoms in total. The molecule has 1 fully saturated rings. The van der Waals surface area contributed by atoms with Gasteiger partial charge in [0.05, 0.1) is 11.9 Å². The predicted molar refractivity (Wildman–Crippen MR) is 73.2 cm³/mol. The number of halogens is 5. The molecular formula is C11H16Cl2F3N3. The first-order valence-electron chi connectivity index (χ1n) is 5.56. The Morgan fingerprint density at radius 1 is 1.16 bits per heavy atom. The molecule has 0 aliphatic carbocycles. The van der Waals surface area contributed by atoms with Gasteiger partial charge in [0, 0.05) is 6.04 Å². The number of nitrogens with one attached hydrogen (secondary N) is 2. The highest BCUT2D eigenvalue weighted by atomic mass is 35.5. The first-order valence-corrected chi connectivity index (χ1v) is 5.56. The van der Waals surface area contributed by atoms with Crippen LogP contribution in [0, 0.1) is 0 Å². The maximum atomic E-state index is 12.3. The molecule has 0 amide bonds. The van der Waals surface area contributed by atoms with Crippen LogP contribution in [0.5, 0.6) is 0 Å². The Kier molecular flexibility index (Phi) is 7.47. The zero-order chi connectivity index (χ0) is 12.3. The molecular weight excluding hydrogens is 302 g/mol. The van der Waals surface area contributed by atoms with Crippen LogP contribution < -0.4 is 10.6 Å². The van der Waals surface area contributed by atoms with Crippen molar-refractivity contribution in [2.45, 2.75) is 25.1 Å². The third kappa shape index (κ3) is 5.42. The van der Waals surface area contributed by atoms with Crippen LogP contribution in [0.15, 0.2) is 18.3 Å². The topological polar surface area (TPSA) is 37.0 Å². The van der Waals surface area contributed by atoms with E-state index < -0.39 is 11.9 Å². The SMILES string of the molecule is Cl.Cl.FC(F)(F)c1ccc(NC2CCNCC2)cn1. The Bertz CT molecular complexity index is 364. The van der Waals surface area contributed by atoms with Gasteiger partial charge in [0.2, 0.25) is 0 Å². The summed E-state index contributed by atoms with van der Waals surface area (Å²) in [5.74, 6) is 0. The molecule has 0 radical (unpaired) electrons. The van der Waals surface area contributed by atoms with Gasteiger partial charge >= 0.3 is 6.18 Å². The Morgan fingerprint density at radius 3 is 2.26 bits per heavy atom. The van der Waals surface area contributed by atoms with Gasteiger partial charge in [-0.15, -0.1) is 24.8 Å². The normalized spacial score (nSPS) is 16.2. The van der Waals surface area contributed by atoms with E-state index in [0.717, 1.165) is 32.0 Å². The zero-order valence-corrected chi connectivity index (χ0v) is 11.7. The van der Waals surface area contributed by atoms with Crippen molar-refractivity contribution in [2.75, 3.05) is 18.4 Å². The van der Waals surface area contributed by atoms with E-state index in [1.807, 2.05) is 0 Å². The molecule has 0 spiro atoms. The highest BCUT2D eigenvalue weighted by Crippen LogP contribution is 2.28. The summed E-state index contributed by atoms with van der Waals surface area (Å²) in [6, 6.07) is 2.75. The third-order valence-corrected chi connectivity index (χ3v) is 2.76. The van der Waals surface area contributed by atoms with Crippen molar-refractivity contribution in [1.29, 1.82) is 0 Å². The summed E-state index contributed by atoms with van der Waals surface area (Å²) in [5, 5.41) is 6.41. The second-order valence-electron chi connectivity index (χ2n) is 4.10. The van der Waals surface area contributed by atoms with Gasteiger partial charge in [-0.3, -0.25) is 0 Å². The van der Waals surface area contributed by atoms with Gasteiger partial charge < -0.3 is 10.6 Å². The minimum absolute atomic E-state index is 0. The van der Waals surface area contributed by atoms with Crippen LogP contribution in [-0.2, 0) is 6.18 Å². The minimum Gasteiger partial charge on any atom is -0.381 e. The number of alkyl halides is 3. The van der Waals surface area contributed by atoms with Crippen molar-refractivity contribution in [3.63, 3.8) is 0 Å². The van der Waals surface area contributed by atoms with E-state index in [1.165, 1.54) is 12.3 Å². The van der Waals surface area contributed by atoms with Crippen molar-refractivity contribution in [1.82, 2.24) is 10.3 Å². The highest BCUT2D eigenvalue weighted by Gasteiger charge is 2.32. The van der Waals surface area contributed by atoms with Crippen molar-refractivity contribution in [3.8, 4) is 0 Å². The average molecular weight is 318 g/mol. The highest BCUT2D eigenvalue weighted by molar-refractivity contribution is 5.85. The lowest BCUT2D eigenvalue weighted by molar-refractivity contribution is -0.141. The van der Waals surface area contributed by atoms with Gasteiger partial charge in [-0.2, -0.15) is 13.2 Å². The largest absolute Gasteiger partial charge is 0.433 e. The first kappa shape index (κ1) is 18.3. The molecule has 1 aromatic rings. The van der Waals surface area contributed by atoms with Crippen LogP contribution in [-0.4, -0.2) is 24.1 Å². The molecule has 0 unspecified atom stereocenters. The number of anilines is 1. The fourth-order valence-electron chi connectivity index (χ4n) is 1.85. The third-order valence-electron chi connectivity index (χ3n) is 2.76. The monoisotopic (exact) mass is 317 g/mol. The fraction of sp³-hybridized carbons (Fsp3) is 0.545. The van der Waals surface area contributed by atoms with Gasteiger partial charge in [-0.25, -0.2) is 4.98 Å². The van der Waals surface area contributed by atoms with Gasteiger partial charge in [0.15, 0.2) is 0 Å². The number of pyridine rings is 1. The van der Waals surface area contributed by atoms with E-state index in [1.54, 1.807) is 0 Å². The molecule has 8 heteroatoms. The Morgan fingerprint density at radius 2 is 1.79 bits per heavy atom. The van der Waals surface area contributed by atoms with E-state index in [-0.39, 0.29) is 24.8 Å². The molecule has 1 saturated heterocycles. The van der Waals surface area contributed by atoms with Crippen molar-refractivity contribution < 1.29 is 13.2 Å². The van der Waals surface area contributed by atoms with Crippen LogP contribution in [0.3, 0.4) is 0 Å². The van der Waals surface area contributed by atoms with Crippen molar-refractivity contribution >= 4 is 30.5 Å². The molecule has 0 saturated carbocycles. The number of piperidine rings is 1. The molecule has 0 bridgehead atoms. The van der Waals surface area contributed by atoms with Gasteiger partial charge in [0.1, 0.15) is 5.69 Å². The maximum absolute atomic E-state index is 12.3. The summed E-state index contributed by atoms with van der Waals surface area (Å²) in [4.78, 5) is 3.41. The zero-order valence-electron chi connectivity index (χ0n) is 10.0. The van der Waals surface area contributed by atoms with E-state index in [2.05, 4.69) is 15.6 Å². The summed E-state index contributed by atoms with van der Waals surface area (Å²) in [6.07, 6.45) is -1.18. The van der Waals surface area contributed by atoms with Crippen LogP contribution in [0.1, 0.15) is 18.5 Å². The summed E-state index contributed by atoms with van der Waals surface area (Å²) in [6.45, 7) is 1.87. The summed E-state index contributed by atoms with van der Waals surface area (Å²) in [7, 11) is 0. The number of hydrogen-bond donors (Lipinski definition) is 2. The smallest absolute Gasteiger partial charge is 0.381 e. The molecule has 1 aromatic heterocycles. The standard InChI is InChI=1S/C11H14F3N3.2ClH/c12-11(13,14)10-2-1-9(7-16-10)17-8-3-5-15-6-4-8;;/h1-2,7-8,15,17H,3-6H2;2*1H. The number of hydrogen-bond acceptors (Lipinski definition) is 3. The maximum Gasteiger partial charge on any atom is 0.433 e. The quantitative estimate of drug-likeness (QED) is 0.880. The number of rotatable bonds is 2. The number of nitrogens with zero attached hydrogens (tertiary/aromatic N) is 1. The molecule has 0 atom stereocenters. The molecule has 1 aliphatic rings. The molecule has 19 heavy (non-hydrogen) atoms. The molecule has 2 heterocycles. The van der Waals surface area contributed by atoms with Gasteiger partial charge in [-0.05, 0) is 38.1 Å². The first-order chi connectivity index (χ1) is 8.05. The van der Waals surface area contributed by atoms with E-state index in [4.69, 9.17) is 0 Å². The molecule has 2 N–H and O–H groups in total. The van der Waals surface area contributed by atoms with Gasteiger partial charge in [-0.1, -0.05) is 0 Å². The van der Waals surface area contributed by atoms with Crippen LogP contribution >= 0.6 is 24.8 Å². The fourth-order valence-corrected chi connectivity index (χ4v) is 1.85. The lowest BCUT2D eigenvalue weighted by atomic mass is 10.1.